The summed E-state index contributed by atoms with van der Waals surface area (Å²) in [6.07, 6.45) is 1.39. The molecule has 1 heterocycles. The van der Waals surface area contributed by atoms with Gasteiger partial charge in [-0.1, -0.05) is 16.8 Å². The maximum atomic E-state index is 12.4. The first kappa shape index (κ1) is 16.0. The average Bonchev–Trinajstić information content (AvgIpc) is 2.94. The quantitative estimate of drug-likeness (QED) is 0.844. The first-order valence-electron chi connectivity index (χ1n) is 6.26. The van der Waals surface area contributed by atoms with Crippen molar-refractivity contribution in [1.82, 2.24) is 15.2 Å². The first-order chi connectivity index (χ1) is 9.94. The third kappa shape index (κ3) is 3.82. The van der Waals surface area contributed by atoms with E-state index >= 15 is 0 Å². The summed E-state index contributed by atoms with van der Waals surface area (Å²) in [7, 11) is -1.89. The van der Waals surface area contributed by atoms with Crippen molar-refractivity contribution in [2.45, 2.75) is 24.9 Å². The Hall–Kier alpha value is -1.41. The van der Waals surface area contributed by atoms with Gasteiger partial charge < -0.3 is 9.84 Å². The number of nitrogens with zero attached hydrogens (tertiary/aromatic N) is 1. The van der Waals surface area contributed by atoms with E-state index in [4.69, 9.17) is 11.6 Å². The minimum absolute atomic E-state index is 0.0617. The Labute approximate surface area is 128 Å². The van der Waals surface area contributed by atoms with Crippen LogP contribution in [0.1, 0.15) is 16.8 Å². The van der Waals surface area contributed by atoms with Crippen molar-refractivity contribution in [3.8, 4) is 0 Å². The molecule has 0 aliphatic heterocycles. The van der Waals surface area contributed by atoms with E-state index in [1.807, 2.05) is 0 Å². The standard InChI is InChI=1S/C13H16ClN3O3S/c1-9-10(7-15-2)5-11(14)6-13(9)21(18,19)16-8-12-3-4-20-17-12/h3-6,15-16H,7-8H2,1-2H3. The molecule has 0 bridgehead atoms. The topological polar surface area (TPSA) is 84.2 Å². The molecule has 0 saturated carbocycles. The van der Waals surface area contributed by atoms with Gasteiger partial charge in [-0.05, 0) is 37.2 Å². The Kier molecular flexibility index (Phi) is 5.00. The lowest BCUT2D eigenvalue weighted by atomic mass is 10.1. The normalized spacial score (nSPS) is 11.8. The molecule has 1 aromatic heterocycles. The van der Waals surface area contributed by atoms with E-state index in [2.05, 4.69) is 19.7 Å². The van der Waals surface area contributed by atoms with Crippen molar-refractivity contribution in [1.29, 1.82) is 0 Å². The van der Waals surface area contributed by atoms with Crippen molar-refractivity contribution in [2.24, 2.45) is 0 Å². The highest BCUT2D eigenvalue weighted by Gasteiger charge is 2.19. The number of benzene rings is 1. The molecule has 8 heteroatoms. The Balaban J connectivity index is 2.30. The molecule has 2 aromatic rings. The van der Waals surface area contributed by atoms with Crippen LogP contribution in [0.3, 0.4) is 0 Å². The summed E-state index contributed by atoms with van der Waals surface area (Å²) in [5.74, 6) is 0. The smallest absolute Gasteiger partial charge is 0.241 e. The molecule has 2 N–H and O–H groups in total. The fourth-order valence-electron chi connectivity index (χ4n) is 1.94. The number of aromatic nitrogens is 1. The van der Waals surface area contributed by atoms with Gasteiger partial charge in [0.25, 0.3) is 0 Å². The van der Waals surface area contributed by atoms with Gasteiger partial charge in [-0.2, -0.15) is 0 Å². The molecule has 6 nitrogen and oxygen atoms in total. The highest BCUT2D eigenvalue weighted by Crippen LogP contribution is 2.24. The summed E-state index contributed by atoms with van der Waals surface area (Å²) >= 11 is 6.02. The first-order valence-corrected chi connectivity index (χ1v) is 8.12. The third-order valence-electron chi connectivity index (χ3n) is 3.02. The van der Waals surface area contributed by atoms with Crippen molar-refractivity contribution in [3.63, 3.8) is 0 Å². The zero-order valence-corrected chi connectivity index (χ0v) is 13.3. The lowest BCUT2D eigenvalue weighted by molar-refractivity contribution is 0.411. The van der Waals surface area contributed by atoms with Crippen LogP contribution in [-0.4, -0.2) is 20.6 Å². The van der Waals surface area contributed by atoms with E-state index < -0.39 is 10.0 Å². The largest absolute Gasteiger partial charge is 0.364 e. The van der Waals surface area contributed by atoms with E-state index in [0.29, 0.717) is 22.8 Å². The zero-order chi connectivity index (χ0) is 15.5. The number of halogens is 1. The van der Waals surface area contributed by atoms with Gasteiger partial charge in [-0.3, -0.25) is 0 Å². The second kappa shape index (κ2) is 6.57. The number of nitrogens with one attached hydrogen (secondary N) is 2. The van der Waals surface area contributed by atoms with Crippen LogP contribution < -0.4 is 10.0 Å². The van der Waals surface area contributed by atoms with Gasteiger partial charge in [0.2, 0.25) is 10.0 Å². The Morgan fingerprint density at radius 3 is 2.71 bits per heavy atom. The van der Waals surface area contributed by atoms with Crippen LogP contribution >= 0.6 is 11.6 Å². The van der Waals surface area contributed by atoms with Crippen molar-refractivity contribution in [3.05, 3.63) is 46.3 Å². The highest BCUT2D eigenvalue weighted by molar-refractivity contribution is 7.89. The molecule has 0 fully saturated rings. The van der Waals surface area contributed by atoms with E-state index in [0.717, 1.165) is 5.56 Å². The number of hydrogen-bond donors (Lipinski definition) is 2. The van der Waals surface area contributed by atoms with Gasteiger partial charge in [-0.25, -0.2) is 13.1 Å². The molecular weight excluding hydrogens is 314 g/mol. The minimum atomic E-state index is -3.67. The van der Waals surface area contributed by atoms with Crippen LogP contribution in [0.2, 0.25) is 5.02 Å². The molecule has 114 valence electrons. The molecule has 0 spiro atoms. The molecule has 0 amide bonds. The van der Waals surface area contributed by atoms with Crippen LogP contribution in [0.25, 0.3) is 0 Å². The van der Waals surface area contributed by atoms with Crippen LogP contribution in [-0.2, 0) is 23.1 Å². The van der Waals surface area contributed by atoms with Gasteiger partial charge in [0.05, 0.1) is 17.1 Å². The van der Waals surface area contributed by atoms with Crippen molar-refractivity contribution < 1.29 is 12.9 Å². The SMILES string of the molecule is CNCc1cc(Cl)cc(S(=O)(=O)NCc2ccon2)c1C. The average molecular weight is 330 g/mol. The van der Waals surface area contributed by atoms with Crippen molar-refractivity contribution in [2.75, 3.05) is 7.05 Å². The molecule has 21 heavy (non-hydrogen) atoms. The number of sulfonamides is 1. The van der Waals surface area contributed by atoms with Gasteiger partial charge in [0.1, 0.15) is 6.26 Å². The monoisotopic (exact) mass is 329 g/mol. The number of rotatable bonds is 6. The molecule has 0 saturated heterocycles. The zero-order valence-electron chi connectivity index (χ0n) is 11.7. The minimum Gasteiger partial charge on any atom is -0.364 e. The fourth-order valence-corrected chi connectivity index (χ4v) is 3.55. The van der Waals surface area contributed by atoms with Gasteiger partial charge in [0.15, 0.2) is 0 Å². The van der Waals surface area contributed by atoms with E-state index in [9.17, 15) is 8.42 Å². The maximum Gasteiger partial charge on any atom is 0.241 e. The second-order valence-corrected chi connectivity index (χ2v) is 6.71. The number of hydrogen-bond acceptors (Lipinski definition) is 5. The molecular formula is C13H16ClN3O3S. The summed E-state index contributed by atoms with van der Waals surface area (Å²) < 4.78 is 32.0. The second-order valence-electron chi connectivity index (χ2n) is 4.53. The Morgan fingerprint density at radius 2 is 2.10 bits per heavy atom. The maximum absolute atomic E-state index is 12.4. The molecule has 0 aliphatic rings. The molecule has 2 rings (SSSR count). The molecule has 0 unspecified atom stereocenters. The predicted octanol–water partition coefficient (Wildman–Crippen LogP) is 1.83. The summed E-state index contributed by atoms with van der Waals surface area (Å²) in [4.78, 5) is 0.170. The van der Waals surface area contributed by atoms with Crippen molar-refractivity contribution >= 4 is 21.6 Å². The molecule has 0 atom stereocenters. The van der Waals surface area contributed by atoms with Gasteiger partial charge in [-0.15, -0.1) is 0 Å². The lowest BCUT2D eigenvalue weighted by Crippen LogP contribution is -2.24. The summed E-state index contributed by atoms with van der Waals surface area (Å²) in [6, 6.07) is 4.80. The Bertz CT molecular complexity index is 715. The summed E-state index contributed by atoms with van der Waals surface area (Å²) in [5.41, 5.74) is 2.02. The fraction of sp³-hybridized carbons (Fsp3) is 0.308. The van der Waals surface area contributed by atoms with Crippen LogP contribution in [0.5, 0.6) is 0 Å². The summed E-state index contributed by atoms with van der Waals surface area (Å²) in [6.45, 7) is 2.36. The van der Waals surface area contributed by atoms with Gasteiger partial charge in [0, 0.05) is 17.6 Å². The van der Waals surface area contributed by atoms with Crippen LogP contribution in [0.4, 0.5) is 0 Å². The molecule has 1 aromatic carbocycles. The molecule has 0 aliphatic carbocycles. The summed E-state index contributed by atoms with van der Waals surface area (Å²) in [5, 5.41) is 7.03. The van der Waals surface area contributed by atoms with Crippen LogP contribution in [0, 0.1) is 6.92 Å². The highest BCUT2D eigenvalue weighted by atomic mass is 35.5. The van der Waals surface area contributed by atoms with E-state index in [1.165, 1.54) is 12.3 Å². The molecule has 0 radical (unpaired) electrons. The van der Waals surface area contributed by atoms with E-state index in [1.54, 1.807) is 26.1 Å². The lowest BCUT2D eigenvalue weighted by Gasteiger charge is -2.13. The van der Waals surface area contributed by atoms with E-state index in [-0.39, 0.29) is 11.4 Å². The third-order valence-corrected chi connectivity index (χ3v) is 4.77. The van der Waals surface area contributed by atoms with Crippen LogP contribution in [0.15, 0.2) is 33.9 Å². The van der Waals surface area contributed by atoms with Gasteiger partial charge >= 0.3 is 0 Å². The predicted molar refractivity (Wildman–Crippen MR) is 79.5 cm³/mol. The Morgan fingerprint density at radius 1 is 1.33 bits per heavy atom.